The van der Waals surface area contributed by atoms with E-state index < -0.39 is 5.60 Å². The van der Waals surface area contributed by atoms with Crippen molar-refractivity contribution in [2.75, 3.05) is 19.7 Å². The van der Waals surface area contributed by atoms with E-state index in [4.69, 9.17) is 9.47 Å². The summed E-state index contributed by atoms with van der Waals surface area (Å²) in [6, 6.07) is 0. The van der Waals surface area contributed by atoms with Crippen molar-refractivity contribution >= 4 is 6.09 Å². The highest BCUT2D eigenvalue weighted by Gasteiger charge is 2.46. The number of carbonyl (C=O) groups is 1. The van der Waals surface area contributed by atoms with Crippen molar-refractivity contribution in [3.63, 3.8) is 0 Å². The quantitative estimate of drug-likeness (QED) is 0.732. The van der Waals surface area contributed by atoms with Crippen LogP contribution in [0.25, 0.3) is 0 Å². The predicted molar refractivity (Wildman–Crippen MR) is 72.9 cm³/mol. The molecule has 0 atom stereocenters. The average Bonchev–Trinajstić information content (AvgIpc) is 2.53. The summed E-state index contributed by atoms with van der Waals surface area (Å²) in [6.07, 6.45) is 1.41. The summed E-state index contributed by atoms with van der Waals surface area (Å²) < 4.78 is 11.3. The van der Waals surface area contributed by atoms with Gasteiger partial charge in [0.15, 0.2) is 0 Å². The Hall–Kier alpha value is -0.810. The first-order valence-electron chi connectivity index (χ1n) is 7.02. The van der Waals surface area contributed by atoms with Gasteiger partial charge in [0.1, 0.15) is 11.3 Å². The molecule has 1 spiro atoms. The highest BCUT2D eigenvalue weighted by molar-refractivity contribution is 5.68. The van der Waals surface area contributed by atoms with Crippen LogP contribution in [0.2, 0.25) is 0 Å². The van der Waals surface area contributed by atoms with Crippen molar-refractivity contribution < 1.29 is 14.3 Å². The van der Waals surface area contributed by atoms with Gasteiger partial charge in [0.05, 0.1) is 6.61 Å². The fraction of sp³-hybridized carbons (Fsp3) is 0.929. The van der Waals surface area contributed by atoms with Gasteiger partial charge in [0.2, 0.25) is 0 Å². The predicted octanol–water partition coefficient (Wildman–Crippen LogP) is 2.11. The molecule has 19 heavy (non-hydrogen) atoms. The third-order valence-electron chi connectivity index (χ3n) is 3.50. The van der Waals surface area contributed by atoms with Crippen LogP contribution >= 0.6 is 0 Å². The van der Waals surface area contributed by atoms with Gasteiger partial charge in [-0.25, -0.2) is 4.79 Å². The number of carbonyl (C=O) groups excluding carboxylic acids is 1. The van der Waals surface area contributed by atoms with Gasteiger partial charge >= 0.3 is 6.09 Å². The van der Waals surface area contributed by atoms with Gasteiger partial charge in [-0.3, -0.25) is 5.32 Å². The van der Waals surface area contributed by atoms with Crippen LogP contribution in [0.3, 0.4) is 0 Å². The van der Waals surface area contributed by atoms with Crippen LogP contribution in [0.5, 0.6) is 0 Å². The Kier molecular flexibility index (Phi) is 3.56. The average molecular weight is 270 g/mol. The number of amides is 1. The lowest BCUT2D eigenvalue weighted by Crippen LogP contribution is -2.56. The number of hydrogen-bond acceptors (Lipinski definition) is 4. The number of rotatable bonds is 0. The second-order valence-corrected chi connectivity index (χ2v) is 7.26. The second kappa shape index (κ2) is 4.63. The van der Waals surface area contributed by atoms with Crippen LogP contribution in [0, 0.1) is 0 Å². The van der Waals surface area contributed by atoms with E-state index >= 15 is 0 Å². The molecule has 1 amide bonds. The molecule has 0 saturated carbocycles. The van der Waals surface area contributed by atoms with Crippen molar-refractivity contribution in [3.8, 4) is 0 Å². The minimum Gasteiger partial charge on any atom is -0.444 e. The Morgan fingerprint density at radius 1 is 1.26 bits per heavy atom. The molecule has 110 valence electrons. The second-order valence-electron chi connectivity index (χ2n) is 7.26. The molecule has 5 heteroatoms. The van der Waals surface area contributed by atoms with E-state index in [0.29, 0.717) is 13.1 Å². The van der Waals surface area contributed by atoms with E-state index in [1.54, 1.807) is 4.90 Å². The number of likely N-dealkylation sites (tertiary alicyclic amines) is 1. The number of hydrogen-bond donors (Lipinski definition) is 1. The minimum absolute atomic E-state index is 0.0219. The van der Waals surface area contributed by atoms with Gasteiger partial charge in [0.25, 0.3) is 0 Å². The van der Waals surface area contributed by atoms with Crippen molar-refractivity contribution in [1.29, 1.82) is 0 Å². The van der Waals surface area contributed by atoms with Crippen molar-refractivity contribution in [1.82, 2.24) is 10.2 Å². The van der Waals surface area contributed by atoms with Crippen molar-refractivity contribution in [2.45, 2.75) is 64.3 Å². The molecule has 2 heterocycles. The van der Waals surface area contributed by atoms with Crippen LogP contribution in [-0.2, 0) is 9.47 Å². The highest BCUT2D eigenvalue weighted by atomic mass is 16.6. The zero-order valence-electron chi connectivity index (χ0n) is 12.7. The van der Waals surface area contributed by atoms with Crippen molar-refractivity contribution in [3.05, 3.63) is 0 Å². The van der Waals surface area contributed by atoms with Crippen LogP contribution < -0.4 is 5.32 Å². The molecule has 2 aliphatic rings. The topological polar surface area (TPSA) is 50.8 Å². The summed E-state index contributed by atoms with van der Waals surface area (Å²) >= 11 is 0. The van der Waals surface area contributed by atoms with E-state index in [1.807, 2.05) is 20.8 Å². The number of ether oxygens (including phenoxy) is 2. The largest absolute Gasteiger partial charge is 0.444 e. The van der Waals surface area contributed by atoms with Gasteiger partial charge < -0.3 is 14.4 Å². The number of nitrogens with zero attached hydrogens (tertiary/aromatic N) is 1. The van der Waals surface area contributed by atoms with Gasteiger partial charge in [-0.15, -0.1) is 0 Å². The highest BCUT2D eigenvalue weighted by Crippen LogP contribution is 2.32. The first-order valence-corrected chi connectivity index (χ1v) is 7.02. The van der Waals surface area contributed by atoms with Crippen molar-refractivity contribution in [2.24, 2.45) is 0 Å². The molecule has 2 saturated heterocycles. The normalized spacial score (nSPS) is 25.6. The van der Waals surface area contributed by atoms with Crippen LogP contribution in [-0.4, -0.2) is 47.6 Å². The molecule has 0 aromatic carbocycles. The smallest absolute Gasteiger partial charge is 0.410 e. The molecule has 0 aromatic rings. The Labute approximate surface area is 115 Å². The lowest BCUT2D eigenvalue weighted by Gasteiger charge is -2.39. The third-order valence-corrected chi connectivity index (χ3v) is 3.50. The molecule has 1 N–H and O–H groups in total. The fourth-order valence-corrected chi connectivity index (χ4v) is 2.65. The molecule has 0 aliphatic carbocycles. The molecule has 0 aromatic heterocycles. The Morgan fingerprint density at radius 3 is 2.26 bits per heavy atom. The standard InChI is InChI=1S/C14H26N2O3/c1-12(2,3)19-11(17)16-8-6-14(7-9-16)15-13(4,5)10-18-14/h15H,6-10H2,1-5H3. The van der Waals surface area contributed by atoms with E-state index in [9.17, 15) is 4.79 Å². The molecule has 0 radical (unpaired) electrons. The molecule has 2 fully saturated rings. The van der Waals surface area contributed by atoms with E-state index in [0.717, 1.165) is 19.4 Å². The number of piperidine rings is 1. The van der Waals surface area contributed by atoms with Gasteiger partial charge in [-0.1, -0.05) is 0 Å². The van der Waals surface area contributed by atoms with Gasteiger partial charge in [0, 0.05) is 31.5 Å². The summed E-state index contributed by atoms with van der Waals surface area (Å²) in [5, 5.41) is 3.55. The van der Waals surface area contributed by atoms with Crippen LogP contribution in [0.1, 0.15) is 47.5 Å². The molecule has 2 aliphatic heterocycles. The van der Waals surface area contributed by atoms with E-state index in [-0.39, 0.29) is 17.4 Å². The monoisotopic (exact) mass is 270 g/mol. The Balaban J connectivity index is 1.88. The minimum atomic E-state index is -0.434. The molecule has 0 unspecified atom stereocenters. The van der Waals surface area contributed by atoms with Gasteiger partial charge in [-0.05, 0) is 34.6 Å². The number of nitrogens with one attached hydrogen (secondary N) is 1. The lowest BCUT2D eigenvalue weighted by atomic mass is 9.99. The maximum Gasteiger partial charge on any atom is 0.410 e. The van der Waals surface area contributed by atoms with E-state index in [1.165, 1.54) is 0 Å². The molecular weight excluding hydrogens is 244 g/mol. The molecule has 0 bridgehead atoms. The maximum atomic E-state index is 12.0. The molecule has 2 rings (SSSR count). The first-order chi connectivity index (χ1) is 8.61. The zero-order chi connectivity index (χ0) is 14.3. The molecule has 5 nitrogen and oxygen atoms in total. The van der Waals surface area contributed by atoms with Crippen LogP contribution in [0.4, 0.5) is 4.79 Å². The zero-order valence-corrected chi connectivity index (χ0v) is 12.7. The maximum absolute atomic E-state index is 12.0. The lowest BCUT2D eigenvalue weighted by molar-refractivity contribution is -0.0595. The SMILES string of the molecule is CC1(C)COC2(CCN(C(=O)OC(C)(C)C)CC2)N1. The van der Waals surface area contributed by atoms with Crippen LogP contribution in [0.15, 0.2) is 0 Å². The Morgan fingerprint density at radius 2 is 1.84 bits per heavy atom. The first kappa shape index (κ1) is 14.6. The summed E-state index contributed by atoms with van der Waals surface area (Å²) in [5.74, 6) is 0. The summed E-state index contributed by atoms with van der Waals surface area (Å²) in [7, 11) is 0. The van der Waals surface area contributed by atoms with Gasteiger partial charge in [-0.2, -0.15) is 0 Å². The Bertz CT molecular complexity index is 352. The summed E-state index contributed by atoms with van der Waals surface area (Å²) in [4.78, 5) is 13.8. The fourth-order valence-electron chi connectivity index (χ4n) is 2.65. The third kappa shape index (κ3) is 3.60. The molecular formula is C14H26N2O3. The summed E-state index contributed by atoms with van der Waals surface area (Å²) in [6.45, 7) is 12.0. The van der Waals surface area contributed by atoms with E-state index in [2.05, 4.69) is 19.2 Å². The summed E-state index contributed by atoms with van der Waals surface area (Å²) in [5.41, 5.74) is -0.660.